The van der Waals surface area contributed by atoms with Crippen molar-refractivity contribution >= 4 is 5.91 Å². The first-order valence-electron chi connectivity index (χ1n) is 10.5. The summed E-state index contributed by atoms with van der Waals surface area (Å²) in [5.41, 5.74) is 1.26. The number of hydrogen-bond acceptors (Lipinski definition) is 7. The molecule has 2 aliphatic rings. The summed E-state index contributed by atoms with van der Waals surface area (Å²) < 4.78 is 12.9. The van der Waals surface area contributed by atoms with E-state index in [0.717, 1.165) is 44.7 Å². The highest BCUT2D eigenvalue weighted by atomic mass is 16.5. The molecule has 4 atom stereocenters. The molecular formula is C21H30N6O3. The second-order valence-corrected chi connectivity index (χ2v) is 8.24. The number of fused-ring (bicyclic) bond motifs is 1. The van der Waals surface area contributed by atoms with Crippen molar-refractivity contribution in [2.24, 2.45) is 11.8 Å². The number of ether oxygens (including phenoxy) is 2. The molecule has 1 N–H and O–H groups in total. The Kier molecular flexibility index (Phi) is 6.29. The molecule has 1 amide bonds. The van der Waals surface area contributed by atoms with Gasteiger partial charge < -0.3 is 19.7 Å². The lowest BCUT2D eigenvalue weighted by atomic mass is 9.77. The van der Waals surface area contributed by atoms with Crippen molar-refractivity contribution < 1.29 is 14.3 Å². The van der Waals surface area contributed by atoms with Crippen LogP contribution in [0.5, 0.6) is 5.88 Å². The van der Waals surface area contributed by atoms with Crippen molar-refractivity contribution in [3.63, 3.8) is 0 Å². The zero-order valence-electron chi connectivity index (χ0n) is 17.8. The van der Waals surface area contributed by atoms with Gasteiger partial charge in [-0.05, 0) is 37.7 Å². The molecule has 4 rings (SSSR count). The predicted octanol–water partition coefficient (Wildman–Crippen LogP) is 1.15. The maximum Gasteiger partial charge on any atom is 0.275 e. The van der Waals surface area contributed by atoms with Crippen molar-refractivity contribution in [1.29, 1.82) is 0 Å². The summed E-state index contributed by atoms with van der Waals surface area (Å²) in [5.74, 6) is 1.10. The van der Waals surface area contributed by atoms with E-state index in [-0.39, 0.29) is 29.6 Å². The highest BCUT2D eigenvalue weighted by molar-refractivity contribution is 5.94. The fourth-order valence-electron chi connectivity index (χ4n) is 4.80. The van der Waals surface area contributed by atoms with E-state index in [4.69, 9.17) is 9.47 Å². The van der Waals surface area contributed by atoms with Crippen LogP contribution >= 0.6 is 0 Å². The molecule has 2 aromatic heterocycles. The van der Waals surface area contributed by atoms with Crippen LogP contribution in [0.25, 0.3) is 0 Å². The molecule has 0 radical (unpaired) electrons. The molecule has 3 heterocycles. The van der Waals surface area contributed by atoms with E-state index in [2.05, 4.69) is 25.3 Å². The van der Waals surface area contributed by atoms with Crippen LogP contribution in [0.3, 0.4) is 0 Å². The van der Waals surface area contributed by atoms with Gasteiger partial charge in [-0.2, -0.15) is 5.10 Å². The Morgan fingerprint density at radius 3 is 2.63 bits per heavy atom. The van der Waals surface area contributed by atoms with Crippen LogP contribution in [0.4, 0.5) is 0 Å². The summed E-state index contributed by atoms with van der Waals surface area (Å²) in [6.45, 7) is 6.01. The lowest BCUT2D eigenvalue weighted by Gasteiger charge is -2.37. The Morgan fingerprint density at radius 1 is 1.17 bits per heavy atom. The molecule has 1 aliphatic heterocycles. The third kappa shape index (κ3) is 4.46. The zero-order chi connectivity index (χ0) is 21.1. The molecule has 2 aromatic rings. The Labute approximate surface area is 176 Å². The maximum atomic E-state index is 12.8. The van der Waals surface area contributed by atoms with Gasteiger partial charge in [0.15, 0.2) is 5.69 Å². The van der Waals surface area contributed by atoms with Crippen LogP contribution in [0.2, 0.25) is 0 Å². The van der Waals surface area contributed by atoms with Crippen LogP contribution in [-0.2, 0) is 11.3 Å². The van der Waals surface area contributed by atoms with Gasteiger partial charge in [0.2, 0.25) is 5.88 Å². The van der Waals surface area contributed by atoms with Gasteiger partial charge in [0.25, 0.3) is 5.91 Å². The number of methoxy groups -OCH3 is 2. The van der Waals surface area contributed by atoms with Crippen LogP contribution < -0.4 is 10.1 Å². The summed E-state index contributed by atoms with van der Waals surface area (Å²) in [5, 5.41) is 7.60. The molecule has 9 nitrogen and oxygen atoms in total. The monoisotopic (exact) mass is 414 g/mol. The Morgan fingerprint density at radius 2 is 1.93 bits per heavy atom. The standard InChI is InChI=1S/C21H30N6O3/c1-14-4-7-27(25-14)9-8-26-12-15-10-17(18(29-2)11-16(15)13-26)24-20(28)19-21(30-3)23-6-5-22-19/h4-7,15-18H,8-13H2,1-3H3,(H,24,28)/t15-,16+,17-,18-/m0/s1. The molecule has 0 spiro atoms. The van der Waals surface area contributed by atoms with E-state index in [1.165, 1.54) is 19.5 Å². The average Bonchev–Trinajstić information content (AvgIpc) is 3.36. The summed E-state index contributed by atoms with van der Waals surface area (Å²) in [6.07, 6.45) is 6.88. The first-order valence-corrected chi connectivity index (χ1v) is 10.5. The number of carbonyl (C=O) groups is 1. The van der Waals surface area contributed by atoms with Gasteiger partial charge in [0.1, 0.15) is 0 Å². The summed E-state index contributed by atoms with van der Waals surface area (Å²) in [7, 11) is 3.21. The molecule has 2 fully saturated rings. The van der Waals surface area contributed by atoms with Crippen molar-refractivity contribution in [1.82, 2.24) is 30.0 Å². The van der Waals surface area contributed by atoms with Gasteiger partial charge in [0.05, 0.1) is 31.5 Å². The molecule has 1 saturated carbocycles. The second-order valence-electron chi connectivity index (χ2n) is 8.24. The highest BCUT2D eigenvalue weighted by Crippen LogP contribution is 2.37. The number of aryl methyl sites for hydroxylation is 1. The lowest BCUT2D eigenvalue weighted by Crippen LogP contribution is -2.50. The number of nitrogens with zero attached hydrogens (tertiary/aromatic N) is 5. The summed E-state index contributed by atoms with van der Waals surface area (Å²) in [6, 6.07) is 1.98. The van der Waals surface area contributed by atoms with Gasteiger partial charge >= 0.3 is 0 Å². The van der Waals surface area contributed by atoms with E-state index < -0.39 is 0 Å². The van der Waals surface area contributed by atoms with Crippen LogP contribution in [-0.4, -0.2) is 76.6 Å². The minimum absolute atomic E-state index is 0.00780. The normalized spacial score (nSPS) is 26.4. The molecule has 0 aromatic carbocycles. The molecule has 0 unspecified atom stereocenters. The number of nitrogens with one attached hydrogen (secondary N) is 1. The molecule has 1 saturated heterocycles. The molecule has 30 heavy (non-hydrogen) atoms. The average molecular weight is 415 g/mol. The van der Waals surface area contributed by atoms with Crippen molar-refractivity contribution in [2.45, 2.75) is 38.5 Å². The van der Waals surface area contributed by atoms with E-state index in [1.54, 1.807) is 7.11 Å². The van der Waals surface area contributed by atoms with E-state index in [1.807, 2.05) is 23.9 Å². The lowest BCUT2D eigenvalue weighted by molar-refractivity contribution is 0.0123. The molecular weight excluding hydrogens is 384 g/mol. The largest absolute Gasteiger partial charge is 0.479 e. The maximum absolute atomic E-state index is 12.8. The predicted molar refractivity (Wildman–Crippen MR) is 110 cm³/mol. The van der Waals surface area contributed by atoms with Crippen LogP contribution in [0, 0.1) is 18.8 Å². The fraction of sp³-hybridized carbons (Fsp3) is 0.619. The van der Waals surface area contributed by atoms with E-state index in [9.17, 15) is 4.79 Å². The summed E-state index contributed by atoms with van der Waals surface area (Å²) in [4.78, 5) is 23.5. The van der Waals surface area contributed by atoms with Crippen LogP contribution in [0.1, 0.15) is 29.0 Å². The molecule has 9 heteroatoms. The number of carbonyl (C=O) groups excluding carboxylic acids is 1. The smallest absolute Gasteiger partial charge is 0.275 e. The molecule has 1 aliphatic carbocycles. The first-order chi connectivity index (χ1) is 14.6. The fourth-order valence-corrected chi connectivity index (χ4v) is 4.80. The SMILES string of the molecule is COc1nccnc1C(=O)N[C@H]1C[C@H]2CN(CCn3ccc(C)n3)C[C@H]2C[C@@H]1OC. The van der Waals surface area contributed by atoms with Crippen molar-refractivity contribution in [3.8, 4) is 5.88 Å². The van der Waals surface area contributed by atoms with Gasteiger partial charge in [-0.15, -0.1) is 0 Å². The zero-order valence-corrected chi connectivity index (χ0v) is 17.8. The number of hydrogen-bond donors (Lipinski definition) is 1. The number of likely N-dealkylation sites (tertiary alicyclic amines) is 1. The molecule has 0 bridgehead atoms. The van der Waals surface area contributed by atoms with Crippen LogP contribution in [0.15, 0.2) is 24.7 Å². The second kappa shape index (κ2) is 9.09. The third-order valence-corrected chi connectivity index (χ3v) is 6.30. The number of aromatic nitrogens is 4. The number of rotatable bonds is 7. The minimum atomic E-state index is -0.269. The van der Waals surface area contributed by atoms with Gasteiger partial charge in [-0.25, -0.2) is 9.97 Å². The van der Waals surface area contributed by atoms with Crippen molar-refractivity contribution in [2.75, 3.05) is 33.9 Å². The Balaban J connectivity index is 1.36. The minimum Gasteiger partial charge on any atom is -0.479 e. The van der Waals surface area contributed by atoms with Gasteiger partial charge in [-0.1, -0.05) is 0 Å². The number of amides is 1. The van der Waals surface area contributed by atoms with Gasteiger partial charge in [0, 0.05) is 45.3 Å². The summed E-state index contributed by atoms with van der Waals surface area (Å²) >= 11 is 0. The highest BCUT2D eigenvalue weighted by Gasteiger charge is 2.43. The third-order valence-electron chi connectivity index (χ3n) is 6.30. The van der Waals surface area contributed by atoms with Crippen molar-refractivity contribution in [3.05, 3.63) is 36.0 Å². The Hall–Kier alpha value is -2.52. The molecule has 162 valence electrons. The quantitative estimate of drug-likeness (QED) is 0.726. The Bertz CT molecular complexity index is 872. The topological polar surface area (TPSA) is 94.4 Å². The van der Waals surface area contributed by atoms with E-state index in [0.29, 0.717) is 11.8 Å². The first kappa shape index (κ1) is 20.7. The van der Waals surface area contributed by atoms with E-state index >= 15 is 0 Å². The van der Waals surface area contributed by atoms with Gasteiger partial charge in [-0.3, -0.25) is 9.48 Å².